The third-order valence-corrected chi connectivity index (χ3v) is 8.21. The van der Waals surface area contributed by atoms with Gasteiger partial charge in [-0.2, -0.15) is 0 Å². The highest BCUT2D eigenvalue weighted by Crippen LogP contribution is 2.33. The monoisotopic (exact) mass is 489 g/mol. The average molecular weight is 490 g/mol. The number of amides is 1. The molecular formula is C27H27N3O2S2. The molecule has 0 saturated carbocycles. The third kappa shape index (κ3) is 4.55. The SMILES string of the molecule is Cc1ccc(-c2csc3nc(SCC(=O)N4CCC(C)CC4)n(-c4ccccc4)c(=O)c23)cc1. The maximum atomic E-state index is 13.9. The lowest BCUT2D eigenvalue weighted by molar-refractivity contribution is -0.129. The summed E-state index contributed by atoms with van der Waals surface area (Å²) in [6.07, 6.45) is 2.10. The summed E-state index contributed by atoms with van der Waals surface area (Å²) < 4.78 is 1.66. The number of carbonyl (C=O) groups is 1. The summed E-state index contributed by atoms with van der Waals surface area (Å²) in [4.78, 5) is 34.3. The van der Waals surface area contributed by atoms with Crippen LogP contribution >= 0.6 is 23.1 Å². The second-order valence-electron chi connectivity index (χ2n) is 8.92. The molecule has 1 amide bonds. The predicted molar refractivity (Wildman–Crippen MR) is 141 cm³/mol. The van der Waals surface area contributed by atoms with Gasteiger partial charge in [0.05, 0.1) is 16.8 Å². The number of benzene rings is 2. The van der Waals surface area contributed by atoms with Gasteiger partial charge in [0.2, 0.25) is 5.91 Å². The maximum absolute atomic E-state index is 13.9. The van der Waals surface area contributed by atoms with Gasteiger partial charge in [-0.15, -0.1) is 11.3 Å². The van der Waals surface area contributed by atoms with Crippen molar-refractivity contribution in [2.24, 2.45) is 5.92 Å². The minimum atomic E-state index is -0.102. The van der Waals surface area contributed by atoms with Crippen LogP contribution in [-0.2, 0) is 4.79 Å². The van der Waals surface area contributed by atoms with Gasteiger partial charge in [-0.3, -0.25) is 14.2 Å². The van der Waals surface area contributed by atoms with E-state index in [-0.39, 0.29) is 17.2 Å². The van der Waals surface area contributed by atoms with E-state index >= 15 is 0 Å². The number of fused-ring (bicyclic) bond motifs is 1. The molecule has 1 saturated heterocycles. The molecular weight excluding hydrogens is 462 g/mol. The van der Waals surface area contributed by atoms with Gasteiger partial charge in [0.15, 0.2) is 5.16 Å². The van der Waals surface area contributed by atoms with Gasteiger partial charge >= 0.3 is 0 Å². The maximum Gasteiger partial charge on any atom is 0.268 e. The molecule has 1 fully saturated rings. The van der Waals surface area contributed by atoms with Gasteiger partial charge in [0, 0.05) is 24.0 Å². The molecule has 4 aromatic rings. The van der Waals surface area contributed by atoms with Crippen molar-refractivity contribution in [3.05, 3.63) is 75.9 Å². The Kier molecular flexibility index (Phi) is 6.57. The highest BCUT2D eigenvalue weighted by Gasteiger charge is 2.23. The van der Waals surface area contributed by atoms with Gasteiger partial charge in [-0.05, 0) is 43.4 Å². The van der Waals surface area contributed by atoms with Crippen molar-refractivity contribution in [1.29, 1.82) is 0 Å². The summed E-state index contributed by atoms with van der Waals surface area (Å²) >= 11 is 2.82. The zero-order valence-electron chi connectivity index (χ0n) is 19.4. The predicted octanol–water partition coefficient (Wildman–Crippen LogP) is 5.77. The zero-order valence-corrected chi connectivity index (χ0v) is 21.0. The largest absolute Gasteiger partial charge is 0.342 e. The first kappa shape index (κ1) is 22.9. The van der Waals surface area contributed by atoms with Crippen LogP contribution < -0.4 is 5.56 Å². The number of aryl methyl sites for hydroxylation is 1. The Hall–Kier alpha value is -2.90. The molecule has 34 heavy (non-hydrogen) atoms. The first-order valence-corrected chi connectivity index (χ1v) is 13.4. The Bertz CT molecular complexity index is 1370. The van der Waals surface area contributed by atoms with Gasteiger partial charge < -0.3 is 4.90 Å². The molecule has 7 heteroatoms. The number of hydrogen-bond acceptors (Lipinski definition) is 5. The standard InChI is InChI=1S/C27H27N3O2S2/c1-18-8-10-20(11-9-18)22-16-33-25-24(22)26(32)30(21-6-4-3-5-7-21)27(28-25)34-17-23(31)29-14-12-19(2)13-15-29/h3-11,16,19H,12-15,17H2,1-2H3. The van der Waals surface area contributed by atoms with Gasteiger partial charge in [-0.25, -0.2) is 4.98 Å². The Balaban J connectivity index is 1.54. The van der Waals surface area contributed by atoms with Crippen LogP contribution in [0.5, 0.6) is 0 Å². The first-order valence-electron chi connectivity index (χ1n) is 11.6. The lowest BCUT2D eigenvalue weighted by atomic mass is 9.99. The molecule has 0 aliphatic carbocycles. The van der Waals surface area contributed by atoms with Crippen molar-refractivity contribution in [3.8, 4) is 16.8 Å². The topological polar surface area (TPSA) is 55.2 Å². The summed E-state index contributed by atoms with van der Waals surface area (Å²) in [6, 6.07) is 17.8. The molecule has 5 nitrogen and oxygen atoms in total. The molecule has 2 aromatic heterocycles. The number of para-hydroxylation sites is 1. The fraction of sp³-hybridized carbons (Fsp3) is 0.296. The number of carbonyl (C=O) groups excluding carboxylic acids is 1. The van der Waals surface area contributed by atoms with Crippen molar-refractivity contribution in [2.75, 3.05) is 18.8 Å². The van der Waals surface area contributed by atoms with Crippen LogP contribution in [-0.4, -0.2) is 39.2 Å². The molecule has 2 aromatic carbocycles. The number of nitrogens with zero attached hydrogens (tertiary/aromatic N) is 3. The third-order valence-electron chi connectivity index (χ3n) is 6.42. The molecule has 0 unspecified atom stereocenters. The van der Waals surface area contributed by atoms with E-state index in [1.807, 2.05) is 52.7 Å². The molecule has 0 spiro atoms. The van der Waals surface area contributed by atoms with Crippen molar-refractivity contribution >= 4 is 39.2 Å². The fourth-order valence-corrected chi connectivity index (χ4v) is 6.20. The van der Waals surface area contributed by atoms with E-state index < -0.39 is 0 Å². The number of thioether (sulfide) groups is 1. The quantitative estimate of drug-likeness (QED) is 0.264. The number of rotatable bonds is 5. The van der Waals surface area contributed by atoms with Gasteiger partial charge in [0.25, 0.3) is 5.56 Å². The number of aromatic nitrogens is 2. The Morgan fingerprint density at radius 2 is 1.79 bits per heavy atom. The van der Waals surface area contributed by atoms with E-state index in [1.54, 1.807) is 4.57 Å². The van der Waals surface area contributed by atoms with Crippen LogP contribution in [0.3, 0.4) is 0 Å². The Morgan fingerprint density at radius 1 is 1.09 bits per heavy atom. The zero-order chi connectivity index (χ0) is 23.7. The van der Waals surface area contributed by atoms with Crippen molar-refractivity contribution in [1.82, 2.24) is 14.5 Å². The Labute approximate surface area is 207 Å². The average Bonchev–Trinajstić information content (AvgIpc) is 3.28. The molecule has 1 aliphatic heterocycles. The van der Waals surface area contributed by atoms with E-state index in [4.69, 9.17) is 4.98 Å². The van der Waals surface area contributed by atoms with Crippen LogP contribution in [0, 0.1) is 12.8 Å². The molecule has 5 rings (SSSR count). The lowest BCUT2D eigenvalue weighted by Crippen LogP contribution is -2.39. The van der Waals surface area contributed by atoms with E-state index in [9.17, 15) is 9.59 Å². The van der Waals surface area contributed by atoms with Crippen LogP contribution in [0.15, 0.2) is 69.9 Å². The summed E-state index contributed by atoms with van der Waals surface area (Å²) in [6.45, 7) is 5.90. The second-order valence-corrected chi connectivity index (χ2v) is 10.7. The molecule has 0 N–H and O–H groups in total. The number of piperidine rings is 1. The molecule has 174 valence electrons. The molecule has 3 heterocycles. The van der Waals surface area contributed by atoms with E-state index in [2.05, 4.69) is 26.0 Å². The van der Waals surface area contributed by atoms with E-state index in [0.29, 0.717) is 21.3 Å². The first-order chi connectivity index (χ1) is 16.5. The van der Waals surface area contributed by atoms with Crippen LogP contribution in [0.4, 0.5) is 0 Å². The van der Waals surface area contributed by atoms with Crippen molar-refractivity contribution in [2.45, 2.75) is 31.8 Å². The minimum absolute atomic E-state index is 0.102. The molecule has 0 radical (unpaired) electrons. The van der Waals surface area contributed by atoms with Crippen LogP contribution in [0.2, 0.25) is 0 Å². The Morgan fingerprint density at radius 3 is 2.50 bits per heavy atom. The smallest absolute Gasteiger partial charge is 0.268 e. The van der Waals surface area contributed by atoms with Gasteiger partial charge in [0.1, 0.15) is 4.83 Å². The van der Waals surface area contributed by atoms with E-state index in [1.165, 1.54) is 28.7 Å². The van der Waals surface area contributed by atoms with Crippen molar-refractivity contribution in [3.63, 3.8) is 0 Å². The second kappa shape index (κ2) is 9.76. The van der Waals surface area contributed by atoms with E-state index in [0.717, 1.165) is 42.7 Å². The lowest BCUT2D eigenvalue weighted by Gasteiger charge is -2.30. The highest BCUT2D eigenvalue weighted by molar-refractivity contribution is 7.99. The fourth-order valence-electron chi connectivity index (χ4n) is 4.29. The molecule has 0 atom stereocenters. The molecule has 1 aliphatic rings. The summed E-state index contributed by atoms with van der Waals surface area (Å²) in [7, 11) is 0. The summed E-state index contributed by atoms with van der Waals surface area (Å²) in [5.74, 6) is 1.05. The summed E-state index contributed by atoms with van der Waals surface area (Å²) in [5, 5.41) is 3.19. The van der Waals surface area contributed by atoms with Crippen molar-refractivity contribution < 1.29 is 4.79 Å². The van der Waals surface area contributed by atoms with Crippen LogP contribution in [0.25, 0.3) is 27.0 Å². The summed E-state index contributed by atoms with van der Waals surface area (Å²) in [5.41, 5.74) is 3.73. The number of thiophene rings is 1. The van der Waals surface area contributed by atoms with Gasteiger partial charge in [-0.1, -0.05) is 66.7 Å². The number of hydrogen-bond donors (Lipinski definition) is 0. The normalized spacial score (nSPS) is 14.6. The van der Waals surface area contributed by atoms with Crippen LogP contribution in [0.1, 0.15) is 25.3 Å². The molecule has 0 bridgehead atoms. The number of likely N-dealkylation sites (tertiary alicyclic amines) is 1. The highest BCUT2D eigenvalue weighted by atomic mass is 32.2. The minimum Gasteiger partial charge on any atom is -0.342 e.